The van der Waals surface area contributed by atoms with Crippen molar-refractivity contribution in [2.45, 2.75) is 50.5 Å². The molecule has 0 bridgehead atoms. The second-order valence-corrected chi connectivity index (χ2v) is 8.62. The van der Waals surface area contributed by atoms with Gasteiger partial charge in [0.15, 0.2) is 0 Å². The van der Waals surface area contributed by atoms with Crippen LogP contribution < -0.4 is 15.4 Å². The summed E-state index contributed by atoms with van der Waals surface area (Å²) in [5.41, 5.74) is 0.944. The zero-order valence-corrected chi connectivity index (χ0v) is 16.1. The topological polar surface area (TPSA) is 104 Å². The van der Waals surface area contributed by atoms with Gasteiger partial charge in [0.1, 0.15) is 0 Å². The maximum absolute atomic E-state index is 12.1. The number of amides is 2. The van der Waals surface area contributed by atoms with Gasteiger partial charge in [-0.25, -0.2) is 13.1 Å². The van der Waals surface area contributed by atoms with Crippen LogP contribution in [0.15, 0.2) is 29.2 Å². The minimum atomic E-state index is -3.75. The molecule has 2 atom stereocenters. The molecule has 1 fully saturated rings. The summed E-state index contributed by atoms with van der Waals surface area (Å²) in [6.07, 6.45) is 4.34. The second-order valence-electron chi connectivity index (χ2n) is 6.85. The average molecular weight is 381 g/mol. The van der Waals surface area contributed by atoms with Gasteiger partial charge in [-0.15, -0.1) is 0 Å². The maximum atomic E-state index is 12.1. The van der Waals surface area contributed by atoms with E-state index in [1.807, 2.05) is 6.92 Å². The predicted molar refractivity (Wildman–Crippen MR) is 98.9 cm³/mol. The van der Waals surface area contributed by atoms with Gasteiger partial charge in [-0.2, -0.15) is 0 Å². The van der Waals surface area contributed by atoms with Gasteiger partial charge >= 0.3 is 0 Å². The SMILES string of the molecule is Cc1ccc(S(=O)(=O)NCC(=O)NCC(=O)N[C@H]2CCCC[C@@H]2C)cc1. The summed E-state index contributed by atoms with van der Waals surface area (Å²) in [5, 5.41) is 5.38. The summed E-state index contributed by atoms with van der Waals surface area (Å²) >= 11 is 0. The molecule has 0 heterocycles. The van der Waals surface area contributed by atoms with Crippen LogP contribution in [-0.2, 0) is 19.6 Å². The lowest BCUT2D eigenvalue weighted by Crippen LogP contribution is -2.47. The molecule has 1 aromatic rings. The van der Waals surface area contributed by atoms with E-state index in [9.17, 15) is 18.0 Å². The molecule has 0 radical (unpaired) electrons. The molecule has 0 aliphatic heterocycles. The molecule has 2 rings (SSSR count). The summed E-state index contributed by atoms with van der Waals surface area (Å²) in [6, 6.07) is 6.48. The molecule has 0 unspecified atom stereocenters. The number of rotatable bonds is 7. The molecule has 2 amide bonds. The molecule has 1 aliphatic carbocycles. The van der Waals surface area contributed by atoms with Crippen LogP contribution in [0.25, 0.3) is 0 Å². The van der Waals surface area contributed by atoms with Crippen LogP contribution in [-0.4, -0.2) is 39.4 Å². The van der Waals surface area contributed by atoms with E-state index in [2.05, 4.69) is 22.3 Å². The van der Waals surface area contributed by atoms with Crippen molar-refractivity contribution in [3.63, 3.8) is 0 Å². The van der Waals surface area contributed by atoms with Crippen LogP contribution in [0.4, 0.5) is 0 Å². The lowest BCUT2D eigenvalue weighted by Gasteiger charge is -2.29. The molecule has 0 saturated heterocycles. The van der Waals surface area contributed by atoms with Crippen LogP contribution in [0.2, 0.25) is 0 Å². The number of carbonyl (C=O) groups excluding carboxylic acids is 2. The Bertz CT molecular complexity index is 731. The lowest BCUT2D eigenvalue weighted by molar-refractivity contribution is -0.126. The highest BCUT2D eigenvalue weighted by Gasteiger charge is 2.23. The molecular formula is C18H27N3O4S. The fourth-order valence-electron chi connectivity index (χ4n) is 2.99. The number of hydrogen-bond donors (Lipinski definition) is 3. The van der Waals surface area contributed by atoms with E-state index in [0.29, 0.717) is 5.92 Å². The Morgan fingerprint density at radius 3 is 2.35 bits per heavy atom. The van der Waals surface area contributed by atoms with Gasteiger partial charge in [0, 0.05) is 6.04 Å². The van der Waals surface area contributed by atoms with Crippen molar-refractivity contribution >= 4 is 21.8 Å². The molecule has 8 heteroatoms. The van der Waals surface area contributed by atoms with Crippen molar-refractivity contribution in [3.8, 4) is 0 Å². The number of benzene rings is 1. The standard InChI is InChI=1S/C18H27N3O4S/c1-13-7-9-15(10-8-13)26(24,25)20-12-17(22)19-11-18(23)21-16-6-4-3-5-14(16)2/h7-10,14,16,20H,3-6,11-12H2,1-2H3,(H,19,22)(H,21,23)/t14-,16-/m0/s1. The Labute approximate surface area is 155 Å². The predicted octanol–water partition coefficient (Wildman–Crippen LogP) is 1.08. The highest BCUT2D eigenvalue weighted by Crippen LogP contribution is 2.23. The van der Waals surface area contributed by atoms with E-state index < -0.39 is 22.5 Å². The van der Waals surface area contributed by atoms with Crippen LogP contribution >= 0.6 is 0 Å². The van der Waals surface area contributed by atoms with Crippen LogP contribution in [0.1, 0.15) is 38.2 Å². The third kappa shape index (κ3) is 6.10. The fourth-order valence-corrected chi connectivity index (χ4v) is 3.97. The Kier molecular flexibility index (Phi) is 7.16. The van der Waals surface area contributed by atoms with E-state index in [0.717, 1.165) is 24.8 Å². The zero-order valence-electron chi connectivity index (χ0n) is 15.2. The van der Waals surface area contributed by atoms with E-state index >= 15 is 0 Å². The highest BCUT2D eigenvalue weighted by molar-refractivity contribution is 7.89. The van der Waals surface area contributed by atoms with Gasteiger partial charge in [0.2, 0.25) is 21.8 Å². The Morgan fingerprint density at radius 1 is 1.04 bits per heavy atom. The number of hydrogen-bond acceptors (Lipinski definition) is 4. The average Bonchev–Trinajstić information content (AvgIpc) is 2.60. The Morgan fingerprint density at radius 2 is 1.69 bits per heavy atom. The lowest BCUT2D eigenvalue weighted by atomic mass is 9.86. The van der Waals surface area contributed by atoms with Gasteiger partial charge in [0.25, 0.3) is 0 Å². The maximum Gasteiger partial charge on any atom is 0.241 e. The van der Waals surface area contributed by atoms with E-state index in [1.54, 1.807) is 12.1 Å². The second kappa shape index (κ2) is 9.14. The van der Waals surface area contributed by atoms with Crippen LogP contribution in [0.5, 0.6) is 0 Å². The quantitative estimate of drug-likeness (QED) is 0.657. The summed E-state index contributed by atoms with van der Waals surface area (Å²) in [5.74, 6) is -0.365. The monoisotopic (exact) mass is 381 g/mol. The van der Waals surface area contributed by atoms with Crippen LogP contribution in [0.3, 0.4) is 0 Å². The first-order valence-corrected chi connectivity index (χ1v) is 10.4. The van der Waals surface area contributed by atoms with Gasteiger partial charge < -0.3 is 10.6 Å². The minimum Gasteiger partial charge on any atom is -0.352 e. The molecule has 26 heavy (non-hydrogen) atoms. The summed E-state index contributed by atoms with van der Waals surface area (Å²) in [4.78, 5) is 23.9. The normalized spacial score (nSPS) is 20.4. The molecule has 1 aromatic carbocycles. The van der Waals surface area contributed by atoms with Crippen molar-refractivity contribution in [1.82, 2.24) is 15.4 Å². The van der Waals surface area contributed by atoms with E-state index in [-0.39, 0.29) is 23.4 Å². The third-order valence-corrected chi connectivity index (χ3v) is 6.08. The van der Waals surface area contributed by atoms with Gasteiger partial charge in [-0.1, -0.05) is 37.5 Å². The van der Waals surface area contributed by atoms with E-state index in [4.69, 9.17) is 0 Å². The Hall–Kier alpha value is -1.93. The van der Waals surface area contributed by atoms with Gasteiger partial charge in [-0.3, -0.25) is 9.59 Å². The first-order chi connectivity index (χ1) is 12.3. The number of aryl methyl sites for hydroxylation is 1. The molecule has 1 saturated carbocycles. The summed E-state index contributed by atoms with van der Waals surface area (Å²) < 4.78 is 26.5. The first-order valence-electron chi connectivity index (χ1n) is 8.90. The van der Waals surface area contributed by atoms with Crippen molar-refractivity contribution in [1.29, 1.82) is 0 Å². The van der Waals surface area contributed by atoms with Crippen molar-refractivity contribution < 1.29 is 18.0 Å². The van der Waals surface area contributed by atoms with Crippen molar-refractivity contribution in [2.75, 3.05) is 13.1 Å². The van der Waals surface area contributed by atoms with Gasteiger partial charge in [-0.05, 0) is 37.8 Å². The first kappa shape index (κ1) is 20.4. The Balaban J connectivity index is 1.74. The zero-order chi connectivity index (χ0) is 19.2. The largest absolute Gasteiger partial charge is 0.352 e. The van der Waals surface area contributed by atoms with Crippen molar-refractivity contribution in [2.24, 2.45) is 5.92 Å². The van der Waals surface area contributed by atoms with Crippen LogP contribution in [0, 0.1) is 12.8 Å². The molecule has 0 spiro atoms. The number of carbonyl (C=O) groups is 2. The number of sulfonamides is 1. The smallest absolute Gasteiger partial charge is 0.241 e. The number of nitrogens with one attached hydrogen (secondary N) is 3. The molecule has 1 aliphatic rings. The molecule has 144 valence electrons. The fraction of sp³-hybridized carbons (Fsp3) is 0.556. The van der Waals surface area contributed by atoms with Crippen molar-refractivity contribution in [3.05, 3.63) is 29.8 Å². The molecule has 3 N–H and O–H groups in total. The highest BCUT2D eigenvalue weighted by atomic mass is 32.2. The summed E-state index contributed by atoms with van der Waals surface area (Å²) in [6.45, 7) is 3.40. The third-order valence-electron chi connectivity index (χ3n) is 4.66. The molecule has 0 aromatic heterocycles. The van der Waals surface area contributed by atoms with Gasteiger partial charge in [0.05, 0.1) is 18.0 Å². The molecule has 7 nitrogen and oxygen atoms in total. The minimum absolute atomic E-state index is 0.0972. The molecular weight excluding hydrogens is 354 g/mol. The van der Waals surface area contributed by atoms with E-state index in [1.165, 1.54) is 18.6 Å². The summed E-state index contributed by atoms with van der Waals surface area (Å²) in [7, 11) is -3.75.